The standard InChI is InChI=1S/C24H18FNO4/c1-14-20-13-18(26-24(28)16-4-3-5-17(25)12-16)8-11-21(20)30-23(14)22(27)15-6-9-19(29-2)10-7-15/h3-13H,1-2H3,(H,26,28). The molecule has 0 aliphatic carbocycles. The maximum absolute atomic E-state index is 13.4. The molecule has 1 heterocycles. The molecule has 4 aromatic rings. The molecule has 0 bridgehead atoms. The molecule has 1 N–H and O–H groups in total. The quantitative estimate of drug-likeness (QED) is 0.455. The number of hydrogen-bond donors (Lipinski definition) is 1. The topological polar surface area (TPSA) is 68.5 Å². The number of ketones is 1. The molecule has 0 saturated heterocycles. The van der Waals surface area contributed by atoms with Gasteiger partial charge in [0.2, 0.25) is 5.78 Å². The van der Waals surface area contributed by atoms with E-state index in [-0.39, 0.29) is 17.1 Å². The third-order valence-corrected chi connectivity index (χ3v) is 4.84. The van der Waals surface area contributed by atoms with Crippen LogP contribution in [0.4, 0.5) is 10.1 Å². The molecule has 1 aromatic heterocycles. The van der Waals surface area contributed by atoms with Crippen LogP contribution in [-0.2, 0) is 0 Å². The maximum Gasteiger partial charge on any atom is 0.255 e. The van der Waals surface area contributed by atoms with Crippen molar-refractivity contribution >= 4 is 28.3 Å². The molecule has 1 amide bonds. The average Bonchev–Trinajstić information content (AvgIpc) is 3.09. The Morgan fingerprint density at radius 1 is 0.967 bits per heavy atom. The van der Waals surface area contributed by atoms with Gasteiger partial charge >= 0.3 is 0 Å². The molecule has 150 valence electrons. The lowest BCUT2D eigenvalue weighted by atomic mass is 10.0. The number of furan rings is 1. The fourth-order valence-corrected chi connectivity index (χ4v) is 3.22. The van der Waals surface area contributed by atoms with Crippen molar-refractivity contribution in [2.75, 3.05) is 12.4 Å². The molecule has 0 spiro atoms. The van der Waals surface area contributed by atoms with Gasteiger partial charge in [-0.15, -0.1) is 0 Å². The second kappa shape index (κ2) is 7.83. The van der Waals surface area contributed by atoms with Gasteiger partial charge in [-0.1, -0.05) is 6.07 Å². The van der Waals surface area contributed by atoms with E-state index in [1.807, 2.05) is 0 Å². The number of amides is 1. The second-order valence-corrected chi connectivity index (χ2v) is 6.79. The highest BCUT2D eigenvalue weighted by Crippen LogP contribution is 2.30. The van der Waals surface area contributed by atoms with Crippen LogP contribution in [0, 0.1) is 12.7 Å². The van der Waals surface area contributed by atoms with Crippen molar-refractivity contribution in [2.24, 2.45) is 0 Å². The lowest BCUT2D eigenvalue weighted by Crippen LogP contribution is -2.11. The monoisotopic (exact) mass is 403 g/mol. The molecule has 0 saturated carbocycles. The molecule has 0 atom stereocenters. The highest BCUT2D eigenvalue weighted by molar-refractivity contribution is 6.11. The first-order valence-corrected chi connectivity index (χ1v) is 9.25. The number of ether oxygens (including phenoxy) is 1. The Morgan fingerprint density at radius 2 is 1.73 bits per heavy atom. The normalized spacial score (nSPS) is 10.8. The molecule has 0 unspecified atom stereocenters. The maximum atomic E-state index is 13.4. The fraction of sp³-hybridized carbons (Fsp3) is 0.0833. The van der Waals surface area contributed by atoms with Crippen LogP contribution in [0.2, 0.25) is 0 Å². The first-order chi connectivity index (χ1) is 14.5. The van der Waals surface area contributed by atoms with E-state index >= 15 is 0 Å². The zero-order valence-corrected chi connectivity index (χ0v) is 16.4. The Bertz CT molecular complexity index is 1260. The predicted molar refractivity (Wildman–Crippen MR) is 112 cm³/mol. The van der Waals surface area contributed by atoms with Gasteiger partial charge in [0, 0.05) is 27.8 Å². The van der Waals surface area contributed by atoms with Gasteiger partial charge in [0.25, 0.3) is 5.91 Å². The van der Waals surface area contributed by atoms with Crippen molar-refractivity contribution in [3.63, 3.8) is 0 Å². The van der Waals surface area contributed by atoms with E-state index in [0.717, 1.165) is 0 Å². The number of fused-ring (bicyclic) bond motifs is 1. The molecule has 3 aromatic carbocycles. The first-order valence-electron chi connectivity index (χ1n) is 9.25. The van der Waals surface area contributed by atoms with Crippen LogP contribution in [0.1, 0.15) is 32.0 Å². The summed E-state index contributed by atoms with van der Waals surface area (Å²) in [7, 11) is 1.56. The van der Waals surface area contributed by atoms with Gasteiger partial charge in [-0.2, -0.15) is 0 Å². The first kappa shape index (κ1) is 19.4. The summed E-state index contributed by atoms with van der Waals surface area (Å²) in [5.74, 6) is -0.248. The van der Waals surface area contributed by atoms with E-state index in [1.165, 1.54) is 24.3 Å². The molecule has 0 radical (unpaired) electrons. The second-order valence-electron chi connectivity index (χ2n) is 6.79. The van der Waals surface area contributed by atoms with Gasteiger partial charge in [-0.25, -0.2) is 4.39 Å². The van der Waals surface area contributed by atoms with E-state index in [2.05, 4.69) is 5.32 Å². The average molecular weight is 403 g/mol. The number of carbonyl (C=O) groups is 2. The SMILES string of the molecule is COc1ccc(C(=O)c2oc3ccc(NC(=O)c4cccc(F)c4)cc3c2C)cc1. The number of halogens is 1. The highest BCUT2D eigenvalue weighted by atomic mass is 19.1. The Kier molecular flexibility index (Phi) is 5.06. The van der Waals surface area contributed by atoms with Crippen molar-refractivity contribution < 1.29 is 23.1 Å². The summed E-state index contributed by atoms with van der Waals surface area (Å²) in [6, 6.07) is 17.3. The molecule has 4 rings (SSSR count). The van der Waals surface area contributed by atoms with Gasteiger partial charge in [0.1, 0.15) is 17.1 Å². The molecular weight excluding hydrogens is 385 g/mol. The number of aryl methyl sites for hydroxylation is 1. The number of hydrogen-bond acceptors (Lipinski definition) is 4. The largest absolute Gasteiger partial charge is 0.497 e. The van der Waals surface area contributed by atoms with Crippen molar-refractivity contribution in [3.05, 3.63) is 95.0 Å². The molecule has 0 aliphatic heterocycles. The summed E-state index contributed by atoms with van der Waals surface area (Å²) in [5.41, 5.74) is 2.43. The number of benzene rings is 3. The molecular formula is C24H18FNO4. The number of anilines is 1. The number of nitrogens with one attached hydrogen (secondary N) is 1. The van der Waals surface area contributed by atoms with Crippen LogP contribution in [0.3, 0.4) is 0 Å². The Hall–Kier alpha value is -3.93. The third kappa shape index (κ3) is 3.67. The van der Waals surface area contributed by atoms with Crippen LogP contribution < -0.4 is 10.1 Å². The molecule has 6 heteroatoms. The Balaban J connectivity index is 1.63. The zero-order valence-electron chi connectivity index (χ0n) is 16.4. The lowest BCUT2D eigenvalue weighted by Gasteiger charge is -2.05. The zero-order chi connectivity index (χ0) is 21.3. The van der Waals surface area contributed by atoms with Gasteiger partial charge in [0.15, 0.2) is 5.76 Å². The van der Waals surface area contributed by atoms with E-state index in [4.69, 9.17) is 9.15 Å². The van der Waals surface area contributed by atoms with Crippen molar-refractivity contribution in [1.29, 1.82) is 0 Å². The number of carbonyl (C=O) groups excluding carboxylic acids is 2. The summed E-state index contributed by atoms with van der Waals surface area (Å²) in [6.07, 6.45) is 0. The summed E-state index contributed by atoms with van der Waals surface area (Å²) in [5, 5.41) is 3.45. The number of methoxy groups -OCH3 is 1. The van der Waals surface area contributed by atoms with Gasteiger partial charge in [-0.05, 0) is 67.6 Å². The van der Waals surface area contributed by atoms with Gasteiger partial charge in [-0.3, -0.25) is 9.59 Å². The van der Waals surface area contributed by atoms with E-state index in [1.54, 1.807) is 56.5 Å². The molecule has 0 aliphatic rings. The Labute approximate surface area is 172 Å². The van der Waals surface area contributed by atoms with Crippen LogP contribution in [0.5, 0.6) is 5.75 Å². The van der Waals surface area contributed by atoms with Crippen LogP contribution in [0.15, 0.2) is 71.1 Å². The minimum absolute atomic E-state index is 0.217. The van der Waals surface area contributed by atoms with E-state index in [9.17, 15) is 14.0 Å². The van der Waals surface area contributed by atoms with Crippen molar-refractivity contribution in [1.82, 2.24) is 0 Å². The highest BCUT2D eigenvalue weighted by Gasteiger charge is 2.20. The minimum Gasteiger partial charge on any atom is -0.497 e. The van der Waals surface area contributed by atoms with Crippen LogP contribution in [-0.4, -0.2) is 18.8 Å². The minimum atomic E-state index is -0.481. The fourth-order valence-electron chi connectivity index (χ4n) is 3.22. The van der Waals surface area contributed by atoms with Crippen molar-refractivity contribution in [3.8, 4) is 5.75 Å². The third-order valence-electron chi connectivity index (χ3n) is 4.84. The molecule has 30 heavy (non-hydrogen) atoms. The smallest absolute Gasteiger partial charge is 0.255 e. The van der Waals surface area contributed by atoms with Crippen LogP contribution >= 0.6 is 0 Å². The predicted octanol–water partition coefficient (Wildman–Crippen LogP) is 5.37. The Morgan fingerprint density at radius 3 is 2.43 bits per heavy atom. The molecule has 0 fully saturated rings. The van der Waals surface area contributed by atoms with E-state index in [0.29, 0.717) is 33.5 Å². The van der Waals surface area contributed by atoms with Gasteiger partial charge < -0.3 is 14.5 Å². The summed E-state index contributed by atoms with van der Waals surface area (Å²) < 4.78 is 24.3. The van der Waals surface area contributed by atoms with Crippen molar-refractivity contribution in [2.45, 2.75) is 6.92 Å². The van der Waals surface area contributed by atoms with E-state index < -0.39 is 11.7 Å². The molecule has 5 nitrogen and oxygen atoms in total. The van der Waals surface area contributed by atoms with Gasteiger partial charge in [0.05, 0.1) is 7.11 Å². The lowest BCUT2D eigenvalue weighted by molar-refractivity contribution is 0.101. The number of rotatable bonds is 5. The van der Waals surface area contributed by atoms with Crippen LogP contribution in [0.25, 0.3) is 11.0 Å². The summed E-state index contributed by atoms with van der Waals surface area (Å²) in [4.78, 5) is 25.2. The summed E-state index contributed by atoms with van der Waals surface area (Å²) >= 11 is 0. The summed E-state index contributed by atoms with van der Waals surface area (Å²) in [6.45, 7) is 1.79.